The highest BCUT2D eigenvalue weighted by molar-refractivity contribution is 5.67. The molecule has 0 spiro atoms. The maximum absolute atomic E-state index is 12.9. The third kappa shape index (κ3) is 4.66. The summed E-state index contributed by atoms with van der Waals surface area (Å²) in [4.78, 5) is 24.5. The fourth-order valence-corrected chi connectivity index (χ4v) is 8.82. The normalized spacial score (nSPS) is 45.4. The summed E-state index contributed by atoms with van der Waals surface area (Å²) in [5.74, 6) is -0.547. The largest absolute Gasteiger partial charge is 0.465 e. The molecular formula is C31H48O9. The number of allylic oxidation sites excluding steroid dienone is 2. The Morgan fingerprint density at radius 1 is 1.02 bits per heavy atom. The standard InChI is InChI=1S/C31H48O9/c1-17(2)8-7-9-18(3)21-10-11-22-23-12-26(36)30(37)14-25(35)24(34)13-29(30,16-39-19(4)32)31(23,38)27(40-20(5)33)15-28(21,22)6/h7,9,12,17-18,21-22,24-27,34-38H,8,10-11,13-16H2,1-6H3. The van der Waals surface area contributed by atoms with Gasteiger partial charge >= 0.3 is 11.9 Å². The molecule has 0 bridgehead atoms. The van der Waals surface area contributed by atoms with Gasteiger partial charge in [-0.15, -0.1) is 0 Å². The quantitative estimate of drug-likeness (QED) is 0.232. The lowest BCUT2D eigenvalue weighted by atomic mass is 9.42. The zero-order valence-corrected chi connectivity index (χ0v) is 24.7. The molecule has 0 aromatic carbocycles. The Hall–Kier alpha value is -1.78. The smallest absolute Gasteiger partial charge is 0.303 e. The summed E-state index contributed by atoms with van der Waals surface area (Å²) in [5.41, 5.74) is -6.06. The first kappa shape index (κ1) is 31.2. The molecule has 3 fully saturated rings. The van der Waals surface area contributed by atoms with E-state index >= 15 is 0 Å². The van der Waals surface area contributed by atoms with Crippen LogP contribution in [0.2, 0.25) is 0 Å². The van der Waals surface area contributed by atoms with Crippen LogP contribution in [0.15, 0.2) is 23.8 Å². The predicted octanol–water partition coefficient (Wildman–Crippen LogP) is 2.42. The first-order chi connectivity index (χ1) is 18.5. The molecule has 4 rings (SSSR count). The van der Waals surface area contributed by atoms with Crippen LogP contribution in [0.5, 0.6) is 0 Å². The lowest BCUT2D eigenvalue weighted by Gasteiger charge is -2.67. The van der Waals surface area contributed by atoms with E-state index in [0.29, 0.717) is 17.9 Å². The lowest BCUT2D eigenvalue weighted by Crippen LogP contribution is -2.80. The Bertz CT molecular complexity index is 1050. The van der Waals surface area contributed by atoms with Crippen molar-refractivity contribution in [3.05, 3.63) is 23.8 Å². The lowest BCUT2D eigenvalue weighted by molar-refractivity contribution is -0.313. The molecule has 0 aliphatic heterocycles. The average Bonchev–Trinajstić information content (AvgIpc) is 3.18. The highest BCUT2D eigenvalue weighted by atomic mass is 16.6. The van der Waals surface area contributed by atoms with Crippen molar-refractivity contribution in [1.82, 2.24) is 0 Å². The van der Waals surface area contributed by atoms with E-state index in [0.717, 1.165) is 12.8 Å². The van der Waals surface area contributed by atoms with Crippen LogP contribution in [-0.2, 0) is 19.1 Å². The molecular weight excluding hydrogens is 516 g/mol. The van der Waals surface area contributed by atoms with Crippen LogP contribution in [0.25, 0.3) is 0 Å². The summed E-state index contributed by atoms with van der Waals surface area (Å²) >= 11 is 0. The number of rotatable bonds is 7. The first-order valence-electron chi connectivity index (χ1n) is 14.7. The van der Waals surface area contributed by atoms with Gasteiger partial charge in [-0.05, 0) is 66.8 Å². The predicted molar refractivity (Wildman–Crippen MR) is 147 cm³/mol. The molecule has 226 valence electrons. The van der Waals surface area contributed by atoms with E-state index < -0.39 is 71.4 Å². The summed E-state index contributed by atoms with van der Waals surface area (Å²) in [5, 5.41) is 57.9. The molecule has 4 aliphatic rings. The summed E-state index contributed by atoms with van der Waals surface area (Å²) < 4.78 is 11.3. The SMILES string of the molecule is CC(=O)OCC12CC(O)C(O)CC1(O)C(O)C=C1C3CCC(C(C)C=CCC(C)C)C3(C)CC(OC(C)=O)C12O. The second-order valence-electron chi connectivity index (χ2n) is 13.6. The van der Waals surface area contributed by atoms with Gasteiger partial charge < -0.3 is 35.0 Å². The van der Waals surface area contributed by atoms with Crippen molar-refractivity contribution in [2.75, 3.05) is 6.61 Å². The van der Waals surface area contributed by atoms with Gasteiger partial charge in [-0.25, -0.2) is 0 Å². The minimum Gasteiger partial charge on any atom is -0.465 e. The number of hydrogen-bond donors (Lipinski definition) is 5. The number of aliphatic hydroxyl groups excluding tert-OH is 3. The van der Waals surface area contributed by atoms with Crippen molar-refractivity contribution in [3.63, 3.8) is 0 Å². The van der Waals surface area contributed by atoms with Crippen LogP contribution in [-0.4, -0.2) is 79.7 Å². The van der Waals surface area contributed by atoms with Crippen LogP contribution in [0, 0.1) is 34.5 Å². The van der Waals surface area contributed by atoms with E-state index in [-0.39, 0.29) is 30.6 Å². The van der Waals surface area contributed by atoms with E-state index in [1.165, 1.54) is 19.9 Å². The number of esters is 2. The van der Waals surface area contributed by atoms with Gasteiger partial charge in [0.15, 0.2) is 0 Å². The van der Waals surface area contributed by atoms with Gasteiger partial charge in [-0.3, -0.25) is 9.59 Å². The molecule has 4 aliphatic carbocycles. The summed E-state index contributed by atoms with van der Waals surface area (Å²) in [6.07, 6.45) is 2.48. The summed E-state index contributed by atoms with van der Waals surface area (Å²) in [6.45, 7) is 10.6. The second-order valence-corrected chi connectivity index (χ2v) is 13.6. The third-order valence-corrected chi connectivity index (χ3v) is 10.7. The zero-order chi connectivity index (χ0) is 29.8. The van der Waals surface area contributed by atoms with Crippen LogP contribution in [0.3, 0.4) is 0 Å². The Morgan fingerprint density at radius 2 is 1.68 bits per heavy atom. The Balaban J connectivity index is 1.88. The van der Waals surface area contributed by atoms with Gasteiger partial charge in [0.25, 0.3) is 0 Å². The monoisotopic (exact) mass is 564 g/mol. The average molecular weight is 565 g/mol. The Morgan fingerprint density at radius 3 is 2.27 bits per heavy atom. The van der Waals surface area contributed by atoms with Crippen molar-refractivity contribution in [3.8, 4) is 0 Å². The molecule has 11 unspecified atom stereocenters. The molecule has 3 saturated carbocycles. The number of aliphatic hydroxyl groups is 5. The summed E-state index contributed by atoms with van der Waals surface area (Å²) in [6, 6.07) is 0. The second kappa shape index (κ2) is 10.8. The van der Waals surface area contributed by atoms with Gasteiger partial charge in [-0.2, -0.15) is 0 Å². The zero-order valence-electron chi connectivity index (χ0n) is 24.7. The van der Waals surface area contributed by atoms with Gasteiger partial charge in [0.05, 0.1) is 17.6 Å². The van der Waals surface area contributed by atoms with Gasteiger partial charge in [0, 0.05) is 20.3 Å². The minimum atomic E-state index is -2.17. The molecule has 11 atom stereocenters. The third-order valence-electron chi connectivity index (χ3n) is 10.7. The Labute approximate surface area is 237 Å². The van der Waals surface area contributed by atoms with Crippen molar-refractivity contribution < 1.29 is 44.6 Å². The minimum absolute atomic E-state index is 0.200. The van der Waals surface area contributed by atoms with Gasteiger partial charge in [0.2, 0.25) is 0 Å². The van der Waals surface area contributed by atoms with Crippen LogP contribution < -0.4 is 0 Å². The molecule has 0 radical (unpaired) electrons. The molecule has 9 nitrogen and oxygen atoms in total. The molecule has 0 heterocycles. The molecule has 9 heteroatoms. The highest BCUT2D eigenvalue weighted by Gasteiger charge is 2.77. The number of hydrogen-bond acceptors (Lipinski definition) is 9. The number of fused-ring (bicyclic) bond motifs is 5. The van der Waals surface area contributed by atoms with E-state index in [1.807, 2.05) is 0 Å². The van der Waals surface area contributed by atoms with Crippen LogP contribution in [0.4, 0.5) is 0 Å². The van der Waals surface area contributed by atoms with Gasteiger partial charge in [0.1, 0.15) is 30.0 Å². The molecule has 5 N–H and O–H groups in total. The van der Waals surface area contributed by atoms with Gasteiger partial charge in [-0.1, -0.05) is 45.9 Å². The maximum Gasteiger partial charge on any atom is 0.303 e. The van der Waals surface area contributed by atoms with Crippen LogP contribution in [0.1, 0.15) is 80.1 Å². The van der Waals surface area contributed by atoms with Crippen molar-refractivity contribution in [2.45, 2.75) is 116 Å². The molecule has 0 aromatic heterocycles. The van der Waals surface area contributed by atoms with Crippen molar-refractivity contribution in [2.24, 2.45) is 34.5 Å². The molecule has 0 aromatic rings. The van der Waals surface area contributed by atoms with E-state index in [2.05, 4.69) is 39.8 Å². The fourth-order valence-electron chi connectivity index (χ4n) is 8.82. The highest BCUT2D eigenvalue weighted by Crippen LogP contribution is 2.69. The molecule has 0 saturated heterocycles. The fraction of sp³-hybridized carbons (Fsp3) is 0.806. The summed E-state index contributed by atoms with van der Waals surface area (Å²) in [7, 11) is 0. The van der Waals surface area contributed by atoms with Crippen LogP contribution >= 0.6 is 0 Å². The number of carbonyl (C=O) groups is 2. The Kier molecular flexibility index (Phi) is 8.42. The number of carbonyl (C=O) groups excluding carboxylic acids is 2. The van der Waals surface area contributed by atoms with E-state index in [4.69, 9.17) is 9.47 Å². The first-order valence-corrected chi connectivity index (χ1v) is 14.7. The van der Waals surface area contributed by atoms with E-state index in [9.17, 15) is 35.1 Å². The topological polar surface area (TPSA) is 154 Å². The van der Waals surface area contributed by atoms with Crippen molar-refractivity contribution in [1.29, 1.82) is 0 Å². The van der Waals surface area contributed by atoms with Crippen molar-refractivity contribution >= 4 is 11.9 Å². The van der Waals surface area contributed by atoms with E-state index in [1.54, 1.807) is 0 Å². The maximum atomic E-state index is 12.9. The molecule has 40 heavy (non-hydrogen) atoms. The molecule has 0 amide bonds. The number of ether oxygens (including phenoxy) is 2.